The van der Waals surface area contributed by atoms with E-state index in [1.54, 1.807) is 0 Å². The first-order chi connectivity index (χ1) is 8.59. The van der Waals surface area contributed by atoms with Gasteiger partial charge in [0, 0.05) is 13.1 Å². The van der Waals surface area contributed by atoms with Crippen molar-refractivity contribution in [2.75, 3.05) is 26.2 Å². The number of amides is 1. The Labute approximate surface area is 110 Å². The van der Waals surface area contributed by atoms with Crippen LogP contribution in [0.1, 0.15) is 40.0 Å². The van der Waals surface area contributed by atoms with Crippen molar-refractivity contribution in [3.05, 3.63) is 0 Å². The van der Waals surface area contributed by atoms with Crippen LogP contribution < -0.4 is 5.32 Å². The van der Waals surface area contributed by atoms with Gasteiger partial charge in [-0.05, 0) is 46.2 Å². The topological polar surface area (TPSA) is 56.1 Å². The summed E-state index contributed by atoms with van der Waals surface area (Å²) in [6, 6.07) is 2.21. The minimum absolute atomic E-state index is 0.0930. The van der Waals surface area contributed by atoms with Gasteiger partial charge in [-0.1, -0.05) is 6.92 Å². The fourth-order valence-corrected chi connectivity index (χ4v) is 2.69. The highest BCUT2D eigenvalue weighted by Gasteiger charge is 2.40. The van der Waals surface area contributed by atoms with Gasteiger partial charge in [-0.2, -0.15) is 5.26 Å². The third kappa shape index (κ3) is 3.23. The van der Waals surface area contributed by atoms with E-state index in [0.29, 0.717) is 13.1 Å². The predicted octanol–water partition coefficient (Wildman–Crippen LogP) is 1.77. The molecule has 1 fully saturated rings. The van der Waals surface area contributed by atoms with Crippen molar-refractivity contribution < 1.29 is 4.79 Å². The van der Waals surface area contributed by atoms with Gasteiger partial charge in [-0.25, -0.2) is 0 Å². The second-order valence-electron chi connectivity index (χ2n) is 5.26. The van der Waals surface area contributed by atoms with E-state index in [9.17, 15) is 4.79 Å². The fourth-order valence-electron chi connectivity index (χ4n) is 2.69. The van der Waals surface area contributed by atoms with Crippen LogP contribution >= 0.6 is 0 Å². The second-order valence-corrected chi connectivity index (χ2v) is 5.26. The molecule has 1 heterocycles. The summed E-state index contributed by atoms with van der Waals surface area (Å²) in [7, 11) is 0. The number of nitrogens with one attached hydrogen (secondary N) is 1. The molecule has 0 radical (unpaired) electrons. The summed E-state index contributed by atoms with van der Waals surface area (Å²) in [5.74, 6) is 0.153. The summed E-state index contributed by atoms with van der Waals surface area (Å²) in [5.41, 5.74) is -0.198. The maximum absolute atomic E-state index is 12.7. The largest absolute Gasteiger partial charge is 0.341 e. The minimum Gasteiger partial charge on any atom is -0.341 e. The van der Waals surface area contributed by atoms with Gasteiger partial charge < -0.3 is 10.2 Å². The molecule has 1 N–H and O–H groups in total. The van der Waals surface area contributed by atoms with Gasteiger partial charge in [-0.3, -0.25) is 4.79 Å². The molecule has 0 aromatic heterocycles. The molecule has 0 aromatic rings. The lowest BCUT2D eigenvalue weighted by Gasteiger charge is -2.39. The van der Waals surface area contributed by atoms with Crippen molar-refractivity contribution in [2.45, 2.75) is 40.0 Å². The zero-order valence-electron chi connectivity index (χ0n) is 11.8. The number of nitrogens with zero attached hydrogens (tertiary/aromatic N) is 2. The van der Waals surface area contributed by atoms with Crippen molar-refractivity contribution in [1.82, 2.24) is 10.2 Å². The number of nitriles is 1. The molecule has 1 saturated heterocycles. The molecule has 1 aliphatic rings. The first-order valence-electron chi connectivity index (χ1n) is 6.99. The van der Waals surface area contributed by atoms with Crippen molar-refractivity contribution in [3.63, 3.8) is 0 Å². The molecule has 0 saturated carbocycles. The molecule has 0 bridgehead atoms. The van der Waals surface area contributed by atoms with Gasteiger partial charge in [0.05, 0.1) is 17.4 Å². The zero-order chi connectivity index (χ0) is 13.6. The van der Waals surface area contributed by atoms with Gasteiger partial charge >= 0.3 is 0 Å². The fraction of sp³-hybridized carbons (Fsp3) is 0.857. The van der Waals surface area contributed by atoms with Crippen molar-refractivity contribution in [1.29, 1.82) is 5.26 Å². The second kappa shape index (κ2) is 6.75. The molecule has 0 spiro atoms. The quantitative estimate of drug-likeness (QED) is 0.810. The standard InChI is InChI=1S/C14H25N3O/c1-4-14(6-8-16-9-7-14)13(18)17(5-2)11-12(3)10-15/h12,16H,4-9,11H2,1-3H3. The molecule has 0 aliphatic carbocycles. The zero-order valence-corrected chi connectivity index (χ0v) is 11.8. The van der Waals surface area contributed by atoms with Gasteiger partial charge in [0.2, 0.25) is 5.91 Å². The van der Waals surface area contributed by atoms with Crippen LogP contribution in [0.3, 0.4) is 0 Å². The number of carbonyl (C=O) groups is 1. The van der Waals surface area contributed by atoms with Crippen LogP contribution in [-0.2, 0) is 4.79 Å². The minimum atomic E-state index is -0.198. The third-order valence-electron chi connectivity index (χ3n) is 4.07. The lowest BCUT2D eigenvalue weighted by Crippen LogP contribution is -2.49. The Morgan fingerprint density at radius 3 is 2.50 bits per heavy atom. The van der Waals surface area contributed by atoms with Crippen LogP contribution in [0.15, 0.2) is 0 Å². The van der Waals surface area contributed by atoms with Gasteiger partial charge in [-0.15, -0.1) is 0 Å². The average molecular weight is 251 g/mol. The van der Waals surface area contributed by atoms with E-state index < -0.39 is 0 Å². The summed E-state index contributed by atoms with van der Waals surface area (Å²) in [6.45, 7) is 9.06. The molecule has 0 aromatic carbocycles. The van der Waals surface area contributed by atoms with Gasteiger partial charge in [0.15, 0.2) is 0 Å². The Kier molecular flexibility index (Phi) is 5.61. The Morgan fingerprint density at radius 2 is 2.06 bits per heavy atom. The number of rotatable bonds is 5. The van der Waals surface area contributed by atoms with Gasteiger partial charge in [0.1, 0.15) is 0 Å². The van der Waals surface area contributed by atoms with Crippen molar-refractivity contribution >= 4 is 5.91 Å². The van der Waals surface area contributed by atoms with E-state index >= 15 is 0 Å². The molecule has 1 aliphatic heterocycles. The van der Waals surface area contributed by atoms with Gasteiger partial charge in [0.25, 0.3) is 0 Å². The van der Waals surface area contributed by atoms with E-state index in [0.717, 1.165) is 32.4 Å². The first-order valence-corrected chi connectivity index (χ1v) is 6.99. The average Bonchev–Trinajstić information content (AvgIpc) is 2.44. The van der Waals surface area contributed by atoms with Crippen LogP contribution in [-0.4, -0.2) is 37.0 Å². The van der Waals surface area contributed by atoms with Crippen LogP contribution in [0, 0.1) is 22.7 Å². The predicted molar refractivity (Wildman–Crippen MR) is 71.9 cm³/mol. The van der Waals surface area contributed by atoms with E-state index in [2.05, 4.69) is 18.3 Å². The SMILES string of the molecule is CCN(CC(C)C#N)C(=O)C1(CC)CCNCC1. The maximum Gasteiger partial charge on any atom is 0.228 e. The number of hydrogen-bond acceptors (Lipinski definition) is 3. The Balaban J connectivity index is 2.77. The molecule has 1 atom stereocenters. The Bertz CT molecular complexity index is 315. The summed E-state index contributed by atoms with van der Waals surface area (Å²) in [6.07, 6.45) is 2.73. The van der Waals surface area contributed by atoms with E-state index in [1.807, 2.05) is 18.7 Å². The normalized spacial score (nSPS) is 19.9. The summed E-state index contributed by atoms with van der Waals surface area (Å²) in [5, 5.41) is 12.2. The lowest BCUT2D eigenvalue weighted by molar-refractivity contribution is -0.144. The number of hydrogen-bond donors (Lipinski definition) is 1. The molecular weight excluding hydrogens is 226 g/mol. The van der Waals surface area contributed by atoms with Crippen molar-refractivity contribution in [2.24, 2.45) is 11.3 Å². The summed E-state index contributed by atoms with van der Waals surface area (Å²) in [4.78, 5) is 14.6. The molecule has 18 heavy (non-hydrogen) atoms. The number of piperidine rings is 1. The lowest BCUT2D eigenvalue weighted by atomic mass is 9.75. The summed E-state index contributed by atoms with van der Waals surface area (Å²) >= 11 is 0. The van der Waals surface area contributed by atoms with Crippen LogP contribution in [0.4, 0.5) is 0 Å². The van der Waals surface area contributed by atoms with Crippen molar-refractivity contribution in [3.8, 4) is 6.07 Å². The highest BCUT2D eigenvalue weighted by molar-refractivity contribution is 5.83. The molecular formula is C14H25N3O. The van der Waals surface area contributed by atoms with E-state index in [-0.39, 0.29) is 17.2 Å². The third-order valence-corrected chi connectivity index (χ3v) is 4.07. The first kappa shape index (κ1) is 15.0. The molecule has 1 rings (SSSR count). The van der Waals surface area contributed by atoms with E-state index in [4.69, 9.17) is 5.26 Å². The monoisotopic (exact) mass is 251 g/mol. The molecule has 4 nitrogen and oxygen atoms in total. The van der Waals surface area contributed by atoms with E-state index in [1.165, 1.54) is 0 Å². The Hall–Kier alpha value is -1.08. The molecule has 1 unspecified atom stereocenters. The highest BCUT2D eigenvalue weighted by Crippen LogP contribution is 2.34. The van der Waals surface area contributed by atoms with Crippen LogP contribution in [0.25, 0.3) is 0 Å². The van der Waals surface area contributed by atoms with Crippen LogP contribution in [0.5, 0.6) is 0 Å². The number of carbonyl (C=O) groups excluding carboxylic acids is 1. The summed E-state index contributed by atoms with van der Waals surface area (Å²) < 4.78 is 0. The van der Waals surface area contributed by atoms with Crippen LogP contribution in [0.2, 0.25) is 0 Å². The molecule has 102 valence electrons. The highest BCUT2D eigenvalue weighted by atomic mass is 16.2. The smallest absolute Gasteiger partial charge is 0.228 e. The maximum atomic E-state index is 12.7. The molecule has 4 heteroatoms. The molecule has 1 amide bonds. The Morgan fingerprint density at radius 1 is 1.44 bits per heavy atom.